The van der Waals surface area contributed by atoms with E-state index in [0.29, 0.717) is 12.4 Å². The van der Waals surface area contributed by atoms with E-state index in [1.807, 2.05) is 11.5 Å². The van der Waals surface area contributed by atoms with Gasteiger partial charge >= 0.3 is 6.03 Å². The third-order valence-corrected chi connectivity index (χ3v) is 6.77. The van der Waals surface area contributed by atoms with Crippen molar-refractivity contribution < 1.29 is 9.59 Å². The van der Waals surface area contributed by atoms with Gasteiger partial charge in [-0.05, 0) is 55.5 Å². The Kier molecular flexibility index (Phi) is 4.64. The summed E-state index contributed by atoms with van der Waals surface area (Å²) in [7, 11) is 0. The number of imide groups is 1. The normalized spacial score (nSPS) is 23.2. The average molecular weight is 451 g/mol. The highest BCUT2D eigenvalue weighted by Crippen LogP contribution is 2.34. The maximum Gasteiger partial charge on any atom is 0.322 e. The van der Waals surface area contributed by atoms with Gasteiger partial charge in [0.1, 0.15) is 11.2 Å². The van der Waals surface area contributed by atoms with Crippen molar-refractivity contribution in [3.05, 3.63) is 10.2 Å². The van der Waals surface area contributed by atoms with E-state index in [4.69, 9.17) is 0 Å². The highest BCUT2D eigenvalue weighted by Gasteiger charge is 2.48. The van der Waals surface area contributed by atoms with Crippen molar-refractivity contribution in [2.75, 3.05) is 18.0 Å². The molecule has 28 heavy (non-hydrogen) atoms. The molecular formula is C17H23BrN8O2. The summed E-state index contributed by atoms with van der Waals surface area (Å²) < 4.78 is 2.93. The summed E-state index contributed by atoms with van der Waals surface area (Å²) in [5.41, 5.74) is 0.837. The fourth-order valence-corrected chi connectivity index (χ4v) is 4.41. The molecular weight excluding hydrogens is 428 g/mol. The third-order valence-electron chi connectivity index (χ3n) is 5.80. The van der Waals surface area contributed by atoms with Gasteiger partial charge in [-0.15, -0.1) is 10.2 Å². The molecule has 10 nitrogen and oxygen atoms in total. The number of nitrogens with zero attached hydrogens (tertiary/aromatic N) is 5. The zero-order chi connectivity index (χ0) is 20.1. The predicted molar refractivity (Wildman–Crippen MR) is 106 cm³/mol. The molecule has 2 aromatic heterocycles. The minimum absolute atomic E-state index is 0.0794. The molecule has 0 aliphatic carbocycles. The first-order chi connectivity index (χ1) is 13.3. The van der Waals surface area contributed by atoms with E-state index in [9.17, 15) is 9.59 Å². The Hall–Kier alpha value is -2.43. The Labute approximate surface area is 170 Å². The highest BCUT2D eigenvalue weighted by molar-refractivity contribution is 9.10. The topological polar surface area (TPSA) is 121 Å². The van der Waals surface area contributed by atoms with Crippen molar-refractivity contribution in [3.63, 3.8) is 0 Å². The number of nitrogens with one attached hydrogen (secondary N) is 3. The van der Waals surface area contributed by atoms with Crippen LogP contribution in [0.15, 0.2) is 4.47 Å². The molecule has 11 heteroatoms. The summed E-state index contributed by atoms with van der Waals surface area (Å²) in [6.45, 7) is 7.99. The van der Waals surface area contributed by atoms with Crippen LogP contribution in [0.2, 0.25) is 0 Å². The van der Waals surface area contributed by atoms with E-state index in [-0.39, 0.29) is 11.8 Å². The van der Waals surface area contributed by atoms with Gasteiger partial charge < -0.3 is 10.2 Å². The van der Waals surface area contributed by atoms with Gasteiger partial charge in [0.05, 0.1) is 4.47 Å². The molecule has 1 atom stereocenters. The molecule has 0 aromatic carbocycles. The van der Waals surface area contributed by atoms with Gasteiger partial charge in [0, 0.05) is 25.3 Å². The molecule has 2 aliphatic heterocycles. The Morgan fingerprint density at radius 1 is 1.25 bits per heavy atom. The Morgan fingerprint density at radius 2 is 1.96 bits per heavy atom. The maximum absolute atomic E-state index is 12.2. The molecule has 0 radical (unpaired) electrons. The summed E-state index contributed by atoms with van der Waals surface area (Å²) in [5, 5.41) is 21.2. The number of aryl methyl sites for hydroxylation is 1. The van der Waals surface area contributed by atoms with Crippen molar-refractivity contribution in [1.82, 2.24) is 35.6 Å². The van der Waals surface area contributed by atoms with E-state index in [2.05, 4.69) is 58.8 Å². The van der Waals surface area contributed by atoms with Crippen molar-refractivity contribution in [3.8, 4) is 11.5 Å². The fourth-order valence-electron chi connectivity index (χ4n) is 4.06. The van der Waals surface area contributed by atoms with Gasteiger partial charge in [-0.2, -0.15) is 5.10 Å². The fraction of sp³-hybridized carbons (Fsp3) is 0.588. The van der Waals surface area contributed by atoms with Crippen LogP contribution in [0.3, 0.4) is 0 Å². The number of anilines is 1. The quantitative estimate of drug-likeness (QED) is 0.607. The first kappa shape index (κ1) is 18.9. The molecule has 0 saturated carbocycles. The Balaban J connectivity index is 1.53. The number of aromatic amines is 1. The Morgan fingerprint density at radius 3 is 2.50 bits per heavy atom. The minimum Gasteiger partial charge on any atom is -0.341 e. The molecule has 2 saturated heterocycles. The minimum atomic E-state index is -0.843. The van der Waals surface area contributed by atoms with Gasteiger partial charge in [-0.1, -0.05) is 0 Å². The number of piperidine rings is 1. The highest BCUT2D eigenvalue weighted by atomic mass is 79.9. The second-order valence-corrected chi connectivity index (χ2v) is 8.24. The van der Waals surface area contributed by atoms with Crippen molar-refractivity contribution >= 4 is 33.8 Å². The summed E-state index contributed by atoms with van der Waals surface area (Å²) in [5.74, 6) is 1.35. The zero-order valence-electron chi connectivity index (χ0n) is 16.0. The van der Waals surface area contributed by atoms with E-state index in [1.54, 1.807) is 6.92 Å². The van der Waals surface area contributed by atoms with Crippen molar-refractivity contribution in [2.45, 2.75) is 45.7 Å². The lowest BCUT2D eigenvalue weighted by Crippen LogP contribution is -2.54. The summed E-state index contributed by atoms with van der Waals surface area (Å²) >= 11 is 3.56. The Bertz CT molecular complexity index is 930. The maximum atomic E-state index is 12.2. The lowest BCUT2D eigenvalue weighted by Gasteiger charge is -2.38. The van der Waals surface area contributed by atoms with Crippen LogP contribution in [0.4, 0.5) is 10.7 Å². The SMILES string of the molecule is CCn1c(-c2n[nH]c(C)c2Br)nnc1N1CCC(C2(C)NC(=O)NC2=O)CC1. The second kappa shape index (κ2) is 6.87. The van der Waals surface area contributed by atoms with Crippen LogP contribution in [-0.2, 0) is 11.3 Å². The molecule has 1 unspecified atom stereocenters. The van der Waals surface area contributed by atoms with Gasteiger partial charge in [-0.3, -0.25) is 19.8 Å². The lowest BCUT2D eigenvalue weighted by molar-refractivity contribution is -0.125. The number of urea groups is 1. The molecule has 2 aromatic rings. The number of aromatic nitrogens is 5. The molecule has 4 heterocycles. The van der Waals surface area contributed by atoms with Crippen LogP contribution in [0.25, 0.3) is 11.5 Å². The van der Waals surface area contributed by atoms with Crippen LogP contribution >= 0.6 is 15.9 Å². The van der Waals surface area contributed by atoms with Crippen LogP contribution in [-0.4, -0.2) is 55.5 Å². The van der Waals surface area contributed by atoms with Crippen LogP contribution in [0, 0.1) is 12.8 Å². The number of H-pyrrole nitrogens is 1. The second-order valence-electron chi connectivity index (χ2n) is 7.45. The summed E-state index contributed by atoms with van der Waals surface area (Å²) in [4.78, 5) is 25.9. The first-order valence-corrected chi connectivity index (χ1v) is 10.2. The van der Waals surface area contributed by atoms with Crippen LogP contribution in [0.1, 0.15) is 32.4 Å². The van der Waals surface area contributed by atoms with Gasteiger partial charge in [0.2, 0.25) is 5.95 Å². The average Bonchev–Trinajstić information content (AvgIpc) is 3.32. The zero-order valence-corrected chi connectivity index (χ0v) is 17.6. The number of amides is 3. The van der Waals surface area contributed by atoms with E-state index in [0.717, 1.165) is 47.7 Å². The number of carbonyl (C=O) groups is 2. The van der Waals surface area contributed by atoms with Crippen LogP contribution in [0.5, 0.6) is 0 Å². The smallest absolute Gasteiger partial charge is 0.322 e. The predicted octanol–water partition coefficient (Wildman–Crippen LogP) is 1.57. The van der Waals surface area contributed by atoms with Gasteiger partial charge in [0.15, 0.2) is 5.82 Å². The van der Waals surface area contributed by atoms with Crippen LogP contribution < -0.4 is 15.5 Å². The molecule has 3 N–H and O–H groups in total. The summed E-state index contributed by atoms with van der Waals surface area (Å²) in [6, 6.07) is -0.412. The van der Waals surface area contributed by atoms with E-state index < -0.39 is 11.6 Å². The number of carbonyl (C=O) groups excluding carboxylic acids is 2. The number of rotatable bonds is 4. The van der Waals surface area contributed by atoms with E-state index in [1.165, 1.54) is 0 Å². The molecule has 0 spiro atoms. The molecule has 4 rings (SSSR count). The standard InChI is InChI=1S/C17H23BrN8O2/c1-4-26-13(12-11(18)9(2)21-22-12)23-24-16(26)25-7-5-10(6-8-25)17(3)14(27)19-15(28)20-17/h10H,4-8H2,1-3H3,(H,21,22)(H2,19,20,27,28). The van der Waals surface area contributed by atoms with Crippen molar-refractivity contribution in [2.24, 2.45) is 5.92 Å². The number of hydrogen-bond acceptors (Lipinski definition) is 6. The lowest BCUT2D eigenvalue weighted by atomic mass is 9.79. The monoisotopic (exact) mass is 450 g/mol. The first-order valence-electron chi connectivity index (χ1n) is 9.37. The van der Waals surface area contributed by atoms with Crippen molar-refractivity contribution in [1.29, 1.82) is 0 Å². The molecule has 2 aliphatic rings. The van der Waals surface area contributed by atoms with Gasteiger partial charge in [-0.25, -0.2) is 4.79 Å². The molecule has 3 amide bonds. The third kappa shape index (κ3) is 2.88. The molecule has 0 bridgehead atoms. The largest absolute Gasteiger partial charge is 0.341 e. The number of halogens is 1. The summed E-state index contributed by atoms with van der Waals surface area (Å²) in [6.07, 6.45) is 1.56. The number of hydrogen-bond donors (Lipinski definition) is 3. The van der Waals surface area contributed by atoms with E-state index >= 15 is 0 Å². The van der Waals surface area contributed by atoms with Gasteiger partial charge in [0.25, 0.3) is 5.91 Å². The molecule has 150 valence electrons. The molecule has 2 fully saturated rings.